The smallest absolute Gasteiger partial charge is 0.252 e. The molecular weight excluding hydrogens is 400 g/mol. The Hall–Kier alpha value is -2.82. The maximum Gasteiger partial charge on any atom is 0.252 e. The van der Waals surface area contributed by atoms with E-state index < -0.39 is 0 Å². The summed E-state index contributed by atoms with van der Waals surface area (Å²) in [6.45, 7) is 5.01. The van der Waals surface area contributed by atoms with Crippen LogP contribution in [0.25, 0.3) is 10.9 Å². The number of aromatic amines is 1. The minimum Gasteiger partial charge on any atom is -0.494 e. The molecule has 1 aliphatic heterocycles. The Morgan fingerprint density at radius 2 is 2.26 bits per heavy atom. The highest BCUT2D eigenvalue weighted by molar-refractivity contribution is 5.80. The molecule has 2 N–H and O–H groups in total. The van der Waals surface area contributed by atoms with Crippen LogP contribution >= 0.6 is 0 Å². The molecule has 0 saturated carbocycles. The summed E-state index contributed by atoms with van der Waals surface area (Å²) in [5, 5.41) is 22.5. The Balaban J connectivity index is 1.53. The Morgan fingerprint density at radius 3 is 3.03 bits per heavy atom. The van der Waals surface area contributed by atoms with E-state index in [0.29, 0.717) is 44.2 Å². The lowest BCUT2D eigenvalue weighted by Crippen LogP contribution is -2.31. The normalized spacial score (nSPS) is 16.4. The first-order chi connectivity index (χ1) is 15.2. The molecule has 1 fully saturated rings. The molecule has 1 saturated heterocycles. The quantitative estimate of drug-likeness (QED) is 0.493. The Kier molecular flexibility index (Phi) is 6.90. The fraction of sp³-hybridized carbons (Fsp3) is 0.524. The van der Waals surface area contributed by atoms with E-state index in [1.807, 2.05) is 36.1 Å². The summed E-state index contributed by atoms with van der Waals surface area (Å²) in [5.74, 6) is 1.44. The number of H-pyrrole nitrogens is 1. The van der Waals surface area contributed by atoms with Crippen molar-refractivity contribution >= 4 is 10.9 Å². The van der Waals surface area contributed by atoms with Crippen LogP contribution in [0.15, 0.2) is 29.1 Å². The van der Waals surface area contributed by atoms with Gasteiger partial charge in [-0.25, -0.2) is 4.68 Å². The van der Waals surface area contributed by atoms with E-state index in [0.717, 1.165) is 36.1 Å². The number of hydrogen-bond acceptors (Lipinski definition) is 8. The van der Waals surface area contributed by atoms with Crippen molar-refractivity contribution in [3.05, 3.63) is 46.0 Å². The largest absolute Gasteiger partial charge is 0.494 e. The first kappa shape index (κ1) is 21.4. The van der Waals surface area contributed by atoms with Gasteiger partial charge in [-0.2, -0.15) is 0 Å². The minimum absolute atomic E-state index is 0.0344. The highest BCUT2D eigenvalue weighted by Gasteiger charge is 2.20. The lowest BCUT2D eigenvalue weighted by molar-refractivity contribution is 0.0912. The van der Waals surface area contributed by atoms with Crippen molar-refractivity contribution in [2.45, 2.75) is 45.5 Å². The highest BCUT2D eigenvalue weighted by atomic mass is 16.5. The second-order valence-electron chi connectivity index (χ2n) is 7.65. The molecular formula is C21H28N6O4. The number of aliphatic hydroxyl groups is 1. The third-order valence-corrected chi connectivity index (χ3v) is 5.39. The Bertz CT molecular complexity index is 1060. The molecule has 1 atom stereocenters. The molecule has 0 spiro atoms. The SMILES string of the molecule is CCOc1ccc2[nH]c(=O)c(CN(CCO)Cc3nnnn3CC3CCCO3)cc2c1. The van der Waals surface area contributed by atoms with E-state index in [-0.39, 0.29) is 18.3 Å². The zero-order valence-electron chi connectivity index (χ0n) is 17.7. The lowest BCUT2D eigenvalue weighted by atomic mass is 10.1. The highest BCUT2D eigenvalue weighted by Crippen LogP contribution is 2.20. The molecule has 1 unspecified atom stereocenters. The van der Waals surface area contributed by atoms with Crippen molar-refractivity contribution in [1.29, 1.82) is 0 Å². The second kappa shape index (κ2) is 9.99. The summed E-state index contributed by atoms with van der Waals surface area (Å²) in [6, 6.07) is 7.47. The van der Waals surface area contributed by atoms with Crippen LogP contribution in [0, 0.1) is 0 Å². The zero-order valence-corrected chi connectivity index (χ0v) is 17.7. The summed E-state index contributed by atoms with van der Waals surface area (Å²) in [4.78, 5) is 17.5. The number of fused-ring (bicyclic) bond motifs is 1. The molecule has 1 aliphatic rings. The van der Waals surface area contributed by atoms with Crippen LogP contribution in [-0.4, -0.2) is 67.7 Å². The first-order valence-electron chi connectivity index (χ1n) is 10.6. The van der Waals surface area contributed by atoms with Crippen LogP contribution in [-0.2, 0) is 24.4 Å². The van der Waals surface area contributed by atoms with E-state index in [4.69, 9.17) is 9.47 Å². The Morgan fingerprint density at radius 1 is 1.35 bits per heavy atom. The van der Waals surface area contributed by atoms with Crippen LogP contribution in [0.4, 0.5) is 0 Å². The van der Waals surface area contributed by atoms with Gasteiger partial charge in [0, 0.05) is 36.2 Å². The second-order valence-corrected chi connectivity index (χ2v) is 7.65. The number of pyridine rings is 1. The predicted octanol–water partition coefficient (Wildman–Crippen LogP) is 1.09. The summed E-state index contributed by atoms with van der Waals surface area (Å²) in [7, 11) is 0. The number of benzene rings is 1. The van der Waals surface area contributed by atoms with Crippen molar-refractivity contribution in [3.63, 3.8) is 0 Å². The zero-order chi connectivity index (χ0) is 21.6. The number of nitrogens with one attached hydrogen (secondary N) is 1. The monoisotopic (exact) mass is 428 g/mol. The molecule has 0 aliphatic carbocycles. The van der Waals surface area contributed by atoms with Crippen LogP contribution in [0.3, 0.4) is 0 Å². The molecule has 166 valence electrons. The fourth-order valence-corrected chi connectivity index (χ4v) is 3.86. The molecule has 0 bridgehead atoms. The third kappa shape index (κ3) is 5.27. The fourth-order valence-electron chi connectivity index (χ4n) is 3.86. The molecule has 0 amide bonds. The van der Waals surface area contributed by atoms with Gasteiger partial charge in [-0.1, -0.05) is 0 Å². The number of nitrogens with zero attached hydrogens (tertiary/aromatic N) is 5. The van der Waals surface area contributed by atoms with Crippen molar-refractivity contribution in [3.8, 4) is 5.75 Å². The van der Waals surface area contributed by atoms with Crippen molar-refractivity contribution < 1.29 is 14.6 Å². The van der Waals surface area contributed by atoms with Crippen LogP contribution in [0.1, 0.15) is 31.2 Å². The summed E-state index contributed by atoms with van der Waals surface area (Å²) in [6.07, 6.45) is 2.17. The molecule has 3 heterocycles. The van der Waals surface area contributed by atoms with E-state index in [1.165, 1.54) is 0 Å². The topological polar surface area (TPSA) is 118 Å². The van der Waals surface area contributed by atoms with Crippen LogP contribution < -0.4 is 10.3 Å². The molecule has 10 heteroatoms. The van der Waals surface area contributed by atoms with Gasteiger partial charge in [-0.15, -0.1) is 5.10 Å². The molecule has 0 radical (unpaired) electrons. The number of aliphatic hydroxyl groups excluding tert-OH is 1. The third-order valence-electron chi connectivity index (χ3n) is 5.39. The standard InChI is InChI=1S/C21H28N6O4/c1-2-30-17-5-6-19-15(11-17)10-16(21(29)22-19)12-26(7-8-28)14-20-23-24-25-27(20)13-18-4-3-9-31-18/h5-6,10-11,18,28H,2-4,7-9,12-14H2,1H3,(H,22,29). The summed E-state index contributed by atoms with van der Waals surface area (Å²) >= 11 is 0. The number of aromatic nitrogens is 5. The van der Waals surface area contributed by atoms with E-state index in [1.54, 1.807) is 4.68 Å². The molecule has 10 nitrogen and oxygen atoms in total. The lowest BCUT2D eigenvalue weighted by Gasteiger charge is -2.21. The molecule has 31 heavy (non-hydrogen) atoms. The minimum atomic E-state index is -0.154. The Labute approximate surface area is 179 Å². The van der Waals surface area contributed by atoms with Gasteiger partial charge in [0.25, 0.3) is 5.56 Å². The van der Waals surface area contributed by atoms with Gasteiger partial charge in [0.05, 0.1) is 32.4 Å². The van der Waals surface area contributed by atoms with E-state index in [2.05, 4.69) is 20.5 Å². The van der Waals surface area contributed by atoms with Gasteiger partial charge < -0.3 is 19.6 Å². The van der Waals surface area contributed by atoms with Crippen molar-refractivity contribution in [2.24, 2.45) is 0 Å². The summed E-state index contributed by atoms with van der Waals surface area (Å²) in [5.41, 5.74) is 1.21. The number of rotatable bonds is 10. The number of ether oxygens (including phenoxy) is 2. The maximum absolute atomic E-state index is 12.6. The van der Waals surface area contributed by atoms with E-state index >= 15 is 0 Å². The molecule has 1 aromatic carbocycles. The summed E-state index contributed by atoms with van der Waals surface area (Å²) < 4.78 is 13.0. The van der Waals surface area contributed by atoms with Gasteiger partial charge in [-0.05, 0) is 54.5 Å². The van der Waals surface area contributed by atoms with Gasteiger partial charge in [0.15, 0.2) is 5.82 Å². The maximum atomic E-state index is 12.6. The predicted molar refractivity (Wildman–Crippen MR) is 114 cm³/mol. The molecule has 2 aromatic heterocycles. The molecule has 3 aromatic rings. The first-order valence-corrected chi connectivity index (χ1v) is 10.6. The van der Waals surface area contributed by atoms with Gasteiger partial charge in [0.2, 0.25) is 0 Å². The van der Waals surface area contributed by atoms with Crippen molar-refractivity contribution in [1.82, 2.24) is 30.1 Å². The van der Waals surface area contributed by atoms with Gasteiger partial charge >= 0.3 is 0 Å². The van der Waals surface area contributed by atoms with Gasteiger partial charge in [0.1, 0.15) is 5.75 Å². The molecule has 4 rings (SSSR count). The number of tetrazole rings is 1. The van der Waals surface area contributed by atoms with Crippen molar-refractivity contribution in [2.75, 3.05) is 26.4 Å². The van der Waals surface area contributed by atoms with E-state index in [9.17, 15) is 9.90 Å². The average Bonchev–Trinajstić information content (AvgIpc) is 3.42. The van der Waals surface area contributed by atoms with Crippen LogP contribution in [0.2, 0.25) is 0 Å². The van der Waals surface area contributed by atoms with Gasteiger partial charge in [-0.3, -0.25) is 9.69 Å². The average molecular weight is 428 g/mol. The number of hydrogen-bond donors (Lipinski definition) is 2. The van der Waals surface area contributed by atoms with Crippen LogP contribution in [0.5, 0.6) is 5.75 Å².